The Kier molecular flexibility index (Phi) is 6.93. The van der Waals surface area contributed by atoms with E-state index in [0.717, 1.165) is 45.8 Å². The molecule has 1 aliphatic heterocycles. The van der Waals surface area contributed by atoms with Gasteiger partial charge in [-0.1, -0.05) is 30.3 Å². The molecular weight excluding hydrogens is 238 g/mol. The molecule has 3 heteroatoms. The van der Waals surface area contributed by atoms with Crippen molar-refractivity contribution in [1.82, 2.24) is 5.32 Å². The molecule has 0 amide bonds. The molecule has 1 atom stereocenters. The predicted octanol–water partition coefficient (Wildman–Crippen LogP) is 2.40. The van der Waals surface area contributed by atoms with Gasteiger partial charge in [0.15, 0.2) is 0 Å². The summed E-state index contributed by atoms with van der Waals surface area (Å²) in [5.74, 6) is 0. The lowest BCUT2D eigenvalue weighted by Gasteiger charge is -2.10. The molecule has 0 spiro atoms. The molecule has 0 saturated carbocycles. The van der Waals surface area contributed by atoms with Crippen molar-refractivity contribution in [2.75, 3.05) is 32.9 Å². The zero-order chi connectivity index (χ0) is 13.2. The highest BCUT2D eigenvalue weighted by Crippen LogP contribution is 2.10. The summed E-state index contributed by atoms with van der Waals surface area (Å²) in [4.78, 5) is 0. The number of hydrogen-bond acceptors (Lipinski definition) is 3. The third kappa shape index (κ3) is 6.19. The fourth-order valence-corrected chi connectivity index (χ4v) is 2.34. The van der Waals surface area contributed by atoms with E-state index in [9.17, 15) is 0 Å². The van der Waals surface area contributed by atoms with Crippen molar-refractivity contribution in [1.29, 1.82) is 0 Å². The second kappa shape index (κ2) is 9.08. The minimum absolute atomic E-state index is 0.429. The van der Waals surface area contributed by atoms with Crippen LogP contribution in [0.3, 0.4) is 0 Å². The molecule has 3 nitrogen and oxygen atoms in total. The molecule has 0 aliphatic carbocycles. The van der Waals surface area contributed by atoms with Crippen LogP contribution < -0.4 is 5.32 Å². The molecule has 19 heavy (non-hydrogen) atoms. The molecule has 0 aromatic heterocycles. The van der Waals surface area contributed by atoms with Gasteiger partial charge in [0.2, 0.25) is 0 Å². The number of aryl methyl sites for hydroxylation is 1. The van der Waals surface area contributed by atoms with Crippen LogP contribution in [0.5, 0.6) is 0 Å². The van der Waals surface area contributed by atoms with Crippen molar-refractivity contribution in [2.45, 2.75) is 31.8 Å². The standard InChI is InChI=1S/C16H25NO2/c1-2-6-15(7-3-1)8-4-11-18-13-10-17-14-16-9-5-12-19-16/h1-3,6-7,16-17H,4-5,8-14H2. The molecule has 1 N–H and O–H groups in total. The summed E-state index contributed by atoms with van der Waals surface area (Å²) < 4.78 is 11.2. The average molecular weight is 263 g/mol. The van der Waals surface area contributed by atoms with Crippen LogP contribution >= 0.6 is 0 Å². The van der Waals surface area contributed by atoms with Crippen molar-refractivity contribution in [2.24, 2.45) is 0 Å². The van der Waals surface area contributed by atoms with Gasteiger partial charge in [-0.15, -0.1) is 0 Å². The van der Waals surface area contributed by atoms with Gasteiger partial charge in [0.1, 0.15) is 0 Å². The Balaban J connectivity index is 1.38. The lowest BCUT2D eigenvalue weighted by atomic mass is 10.1. The van der Waals surface area contributed by atoms with Gasteiger partial charge in [0.25, 0.3) is 0 Å². The van der Waals surface area contributed by atoms with Crippen LogP contribution in [0.4, 0.5) is 0 Å². The number of hydrogen-bond donors (Lipinski definition) is 1. The first kappa shape index (κ1) is 14.5. The summed E-state index contributed by atoms with van der Waals surface area (Å²) in [6.45, 7) is 4.46. The monoisotopic (exact) mass is 263 g/mol. The van der Waals surface area contributed by atoms with E-state index in [1.807, 2.05) is 0 Å². The Morgan fingerprint density at radius 3 is 2.89 bits per heavy atom. The molecule has 1 saturated heterocycles. The second-order valence-corrected chi connectivity index (χ2v) is 5.04. The van der Waals surface area contributed by atoms with E-state index in [1.165, 1.54) is 18.4 Å². The first-order valence-electron chi connectivity index (χ1n) is 7.39. The Morgan fingerprint density at radius 1 is 1.21 bits per heavy atom. The summed E-state index contributed by atoms with van der Waals surface area (Å²) in [7, 11) is 0. The van der Waals surface area contributed by atoms with Crippen molar-refractivity contribution in [3.8, 4) is 0 Å². The van der Waals surface area contributed by atoms with Crippen LogP contribution in [0.25, 0.3) is 0 Å². The number of benzene rings is 1. The highest BCUT2D eigenvalue weighted by atomic mass is 16.5. The van der Waals surface area contributed by atoms with Crippen LogP contribution in [0.1, 0.15) is 24.8 Å². The van der Waals surface area contributed by atoms with Crippen molar-refractivity contribution < 1.29 is 9.47 Å². The zero-order valence-corrected chi connectivity index (χ0v) is 11.6. The smallest absolute Gasteiger partial charge is 0.0700 e. The van der Waals surface area contributed by atoms with Crippen molar-refractivity contribution >= 4 is 0 Å². The first-order valence-corrected chi connectivity index (χ1v) is 7.39. The number of rotatable bonds is 9. The Labute approximate surface area is 116 Å². The van der Waals surface area contributed by atoms with Crippen molar-refractivity contribution in [3.05, 3.63) is 35.9 Å². The van der Waals surface area contributed by atoms with E-state index in [4.69, 9.17) is 9.47 Å². The maximum Gasteiger partial charge on any atom is 0.0700 e. The molecule has 1 aromatic carbocycles. The van der Waals surface area contributed by atoms with Gasteiger partial charge in [0, 0.05) is 26.3 Å². The van der Waals surface area contributed by atoms with E-state index in [-0.39, 0.29) is 0 Å². The Morgan fingerprint density at radius 2 is 2.11 bits per heavy atom. The van der Waals surface area contributed by atoms with Crippen LogP contribution in [-0.4, -0.2) is 39.0 Å². The summed E-state index contributed by atoms with van der Waals surface area (Å²) in [5, 5.41) is 3.39. The molecule has 0 radical (unpaired) electrons. The Hall–Kier alpha value is -0.900. The van der Waals surface area contributed by atoms with E-state index in [2.05, 4.69) is 35.6 Å². The van der Waals surface area contributed by atoms with E-state index in [0.29, 0.717) is 6.10 Å². The SMILES string of the molecule is c1ccc(CCCOCCNCC2CCCO2)cc1. The first-order chi connectivity index (χ1) is 9.45. The third-order valence-electron chi connectivity index (χ3n) is 3.42. The van der Waals surface area contributed by atoms with Gasteiger partial charge in [-0.3, -0.25) is 0 Å². The lowest BCUT2D eigenvalue weighted by molar-refractivity contribution is 0.102. The van der Waals surface area contributed by atoms with Gasteiger partial charge in [-0.25, -0.2) is 0 Å². The largest absolute Gasteiger partial charge is 0.380 e. The maximum absolute atomic E-state index is 5.62. The highest BCUT2D eigenvalue weighted by Gasteiger charge is 2.13. The maximum atomic E-state index is 5.62. The van der Waals surface area contributed by atoms with Crippen LogP contribution in [0, 0.1) is 0 Å². The molecule has 2 rings (SSSR count). The van der Waals surface area contributed by atoms with E-state index < -0.39 is 0 Å². The molecular formula is C16H25NO2. The van der Waals surface area contributed by atoms with Gasteiger partial charge in [-0.2, -0.15) is 0 Å². The van der Waals surface area contributed by atoms with Gasteiger partial charge < -0.3 is 14.8 Å². The molecule has 1 unspecified atom stereocenters. The fraction of sp³-hybridized carbons (Fsp3) is 0.625. The lowest BCUT2D eigenvalue weighted by Crippen LogP contribution is -2.29. The Bertz CT molecular complexity index is 323. The van der Waals surface area contributed by atoms with E-state index in [1.54, 1.807) is 0 Å². The summed E-state index contributed by atoms with van der Waals surface area (Å²) >= 11 is 0. The molecule has 1 fully saturated rings. The fourth-order valence-electron chi connectivity index (χ4n) is 2.34. The molecule has 1 aromatic rings. The van der Waals surface area contributed by atoms with Gasteiger partial charge in [0.05, 0.1) is 12.7 Å². The minimum atomic E-state index is 0.429. The zero-order valence-electron chi connectivity index (χ0n) is 11.6. The quantitative estimate of drug-likeness (QED) is 0.694. The average Bonchev–Trinajstić information content (AvgIpc) is 2.96. The molecule has 1 heterocycles. The van der Waals surface area contributed by atoms with Crippen LogP contribution in [0.2, 0.25) is 0 Å². The molecule has 106 valence electrons. The van der Waals surface area contributed by atoms with Gasteiger partial charge >= 0.3 is 0 Å². The van der Waals surface area contributed by atoms with Gasteiger partial charge in [-0.05, 0) is 31.2 Å². The van der Waals surface area contributed by atoms with Crippen LogP contribution in [0.15, 0.2) is 30.3 Å². The second-order valence-electron chi connectivity index (χ2n) is 5.04. The normalized spacial score (nSPS) is 18.8. The number of ether oxygens (including phenoxy) is 2. The summed E-state index contributed by atoms with van der Waals surface area (Å²) in [6.07, 6.45) is 5.03. The molecule has 0 bridgehead atoms. The highest BCUT2D eigenvalue weighted by molar-refractivity contribution is 5.14. The number of nitrogens with one attached hydrogen (secondary N) is 1. The van der Waals surface area contributed by atoms with Crippen LogP contribution in [-0.2, 0) is 15.9 Å². The van der Waals surface area contributed by atoms with E-state index >= 15 is 0 Å². The third-order valence-corrected chi connectivity index (χ3v) is 3.42. The summed E-state index contributed by atoms with van der Waals surface area (Å²) in [6, 6.07) is 10.6. The summed E-state index contributed by atoms with van der Waals surface area (Å²) in [5.41, 5.74) is 1.39. The minimum Gasteiger partial charge on any atom is -0.380 e. The molecule has 1 aliphatic rings. The topological polar surface area (TPSA) is 30.5 Å². The predicted molar refractivity (Wildman–Crippen MR) is 77.4 cm³/mol. The van der Waals surface area contributed by atoms with Crippen molar-refractivity contribution in [3.63, 3.8) is 0 Å².